The zero-order valence-electron chi connectivity index (χ0n) is 14.7. The maximum Gasteiger partial charge on any atom is 0.125 e. The van der Waals surface area contributed by atoms with Gasteiger partial charge in [0.25, 0.3) is 0 Å². The molecule has 0 fully saturated rings. The van der Waals surface area contributed by atoms with Crippen LogP contribution in [0.4, 0.5) is 0 Å². The number of nitrogens with two attached hydrogens (primary N) is 1. The summed E-state index contributed by atoms with van der Waals surface area (Å²) in [6.07, 6.45) is 1.65. The van der Waals surface area contributed by atoms with E-state index in [-0.39, 0.29) is 5.41 Å². The van der Waals surface area contributed by atoms with E-state index in [0.717, 1.165) is 22.4 Å². The largest absolute Gasteiger partial charge is 0.488 e. The average molecular weight is 310 g/mol. The van der Waals surface area contributed by atoms with Gasteiger partial charge in [-0.3, -0.25) is 0 Å². The van der Waals surface area contributed by atoms with Crippen molar-refractivity contribution in [3.05, 3.63) is 64.2 Å². The van der Waals surface area contributed by atoms with Gasteiger partial charge in [-0.05, 0) is 59.2 Å². The number of hydrogen-bond donors (Lipinski definition) is 1. The van der Waals surface area contributed by atoms with E-state index in [9.17, 15) is 0 Å². The van der Waals surface area contributed by atoms with Crippen LogP contribution in [0.25, 0.3) is 0 Å². The molecule has 0 aromatic heterocycles. The van der Waals surface area contributed by atoms with Crippen molar-refractivity contribution < 1.29 is 4.74 Å². The summed E-state index contributed by atoms with van der Waals surface area (Å²) in [5.41, 5.74) is 5.85. The van der Waals surface area contributed by atoms with Gasteiger partial charge in [-0.15, -0.1) is 0 Å². The van der Waals surface area contributed by atoms with E-state index in [1.807, 2.05) is 26.0 Å². The van der Waals surface area contributed by atoms with Crippen molar-refractivity contribution in [2.24, 2.45) is 10.9 Å². The van der Waals surface area contributed by atoms with Gasteiger partial charge in [0.2, 0.25) is 0 Å². The summed E-state index contributed by atoms with van der Waals surface area (Å²) in [7, 11) is 0. The summed E-state index contributed by atoms with van der Waals surface area (Å²) >= 11 is 0. The molecule has 0 aliphatic carbocycles. The number of ether oxygens (including phenoxy) is 1. The Bertz CT molecular complexity index is 672. The number of aryl methyl sites for hydroxylation is 2. The Balaban J connectivity index is 2.12. The molecule has 2 aromatic carbocycles. The standard InChI is InChI=1S/C20H26N2O/c1-14-10-17(12-22-21)11-15(2)19(14)23-13-16-6-8-18(9-7-16)20(3,4)5/h6-12H,13,21H2,1-5H3. The lowest BCUT2D eigenvalue weighted by molar-refractivity contribution is 0.302. The second kappa shape index (κ2) is 6.86. The molecular formula is C20H26N2O. The van der Waals surface area contributed by atoms with Crippen LogP contribution in [0.5, 0.6) is 5.75 Å². The third-order valence-electron chi connectivity index (χ3n) is 3.91. The van der Waals surface area contributed by atoms with Gasteiger partial charge in [0.15, 0.2) is 0 Å². The molecule has 0 amide bonds. The van der Waals surface area contributed by atoms with Gasteiger partial charge in [-0.2, -0.15) is 5.10 Å². The van der Waals surface area contributed by atoms with Crippen molar-refractivity contribution in [1.29, 1.82) is 0 Å². The van der Waals surface area contributed by atoms with Crippen LogP contribution in [0.3, 0.4) is 0 Å². The maximum absolute atomic E-state index is 6.04. The molecule has 0 unspecified atom stereocenters. The molecular weight excluding hydrogens is 284 g/mol. The molecule has 2 N–H and O–H groups in total. The van der Waals surface area contributed by atoms with Crippen LogP contribution in [-0.2, 0) is 12.0 Å². The molecule has 0 saturated heterocycles. The summed E-state index contributed by atoms with van der Waals surface area (Å²) in [4.78, 5) is 0. The average Bonchev–Trinajstić information content (AvgIpc) is 2.46. The van der Waals surface area contributed by atoms with Crippen LogP contribution in [0.1, 0.15) is 48.6 Å². The molecule has 0 radical (unpaired) electrons. The molecule has 2 aromatic rings. The summed E-state index contributed by atoms with van der Waals surface area (Å²) in [6, 6.07) is 12.7. The third-order valence-corrected chi connectivity index (χ3v) is 3.91. The number of hydrazone groups is 1. The highest BCUT2D eigenvalue weighted by molar-refractivity contribution is 5.80. The molecule has 0 spiro atoms. The quantitative estimate of drug-likeness (QED) is 0.514. The van der Waals surface area contributed by atoms with E-state index in [0.29, 0.717) is 6.61 Å². The van der Waals surface area contributed by atoms with Crippen molar-refractivity contribution in [1.82, 2.24) is 0 Å². The first-order valence-electron chi connectivity index (χ1n) is 7.88. The van der Waals surface area contributed by atoms with E-state index in [4.69, 9.17) is 10.6 Å². The van der Waals surface area contributed by atoms with Crippen LogP contribution in [0.15, 0.2) is 41.5 Å². The minimum Gasteiger partial charge on any atom is -0.488 e. The number of hydrogen-bond acceptors (Lipinski definition) is 3. The molecule has 0 bridgehead atoms. The topological polar surface area (TPSA) is 47.6 Å². The Morgan fingerprint density at radius 1 is 1.04 bits per heavy atom. The lowest BCUT2D eigenvalue weighted by Crippen LogP contribution is -2.11. The number of nitrogens with zero attached hydrogens (tertiary/aromatic N) is 1. The van der Waals surface area contributed by atoms with Gasteiger partial charge in [0.05, 0.1) is 6.21 Å². The maximum atomic E-state index is 6.04. The van der Waals surface area contributed by atoms with Crippen LogP contribution < -0.4 is 10.6 Å². The summed E-state index contributed by atoms with van der Waals surface area (Å²) in [6.45, 7) is 11.3. The van der Waals surface area contributed by atoms with Crippen LogP contribution >= 0.6 is 0 Å². The predicted octanol–water partition coefficient (Wildman–Crippen LogP) is 4.47. The molecule has 2 rings (SSSR count). The smallest absolute Gasteiger partial charge is 0.125 e. The Morgan fingerprint density at radius 2 is 1.61 bits per heavy atom. The molecule has 0 aliphatic heterocycles. The van der Waals surface area contributed by atoms with Crippen molar-refractivity contribution in [3.63, 3.8) is 0 Å². The second-order valence-corrected chi connectivity index (χ2v) is 7.00. The van der Waals surface area contributed by atoms with Gasteiger partial charge < -0.3 is 10.6 Å². The van der Waals surface area contributed by atoms with E-state index >= 15 is 0 Å². The van der Waals surface area contributed by atoms with E-state index in [1.54, 1.807) is 6.21 Å². The predicted molar refractivity (Wildman–Crippen MR) is 97.2 cm³/mol. The summed E-state index contributed by atoms with van der Waals surface area (Å²) in [5, 5.41) is 3.57. The van der Waals surface area contributed by atoms with Crippen molar-refractivity contribution >= 4 is 6.21 Å². The molecule has 0 heterocycles. The zero-order chi connectivity index (χ0) is 17.0. The number of benzene rings is 2. The summed E-state index contributed by atoms with van der Waals surface area (Å²) in [5.74, 6) is 6.14. The van der Waals surface area contributed by atoms with E-state index < -0.39 is 0 Å². The molecule has 0 atom stereocenters. The Morgan fingerprint density at radius 3 is 2.09 bits per heavy atom. The zero-order valence-corrected chi connectivity index (χ0v) is 14.7. The van der Waals surface area contributed by atoms with Crippen LogP contribution in [-0.4, -0.2) is 6.21 Å². The van der Waals surface area contributed by atoms with E-state index in [2.05, 4.69) is 50.1 Å². The monoisotopic (exact) mass is 310 g/mol. The number of rotatable bonds is 4. The highest BCUT2D eigenvalue weighted by Crippen LogP contribution is 2.26. The normalized spacial score (nSPS) is 11.9. The Labute approximate surface area is 139 Å². The SMILES string of the molecule is Cc1cc(C=NN)cc(C)c1OCc1ccc(C(C)(C)C)cc1. The van der Waals surface area contributed by atoms with Crippen LogP contribution in [0.2, 0.25) is 0 Å². The highest BCUT2D eigenvalue weighted by atomic mass is 16.5. The first-order valence-corrected chi connectivity index (χ1v) is 7.88. The first-order chi connectivity index (χ1) is 10.8. The third kappa shape index (κ3) is 4.35. The minimum absolute atomic E-state index is 0.174. The second-order valence-electron chi connectivity index (χ2n) is 7.00. The van der Waals surface area contributed by atoms with Crippen molar-refractivity contribution in [3.8, 4) is 5.75 Å². The van der Waals surface area contributed by atoms with E-state index in [1.165, 1.54) is 11.1 Å². The molecule has 3 heteroatoms. The molecule has 0 aliphatic rings. The first kappa shape index (κ1) is 17.1. The van der Waals surface area contributed by atoms with Crippen LogP contribution in [0, 0.1) is 13.8 Å². The molecule has 3 nitrogen and oxygen atoms in total. The Kier molecular flexibility index (Phi) is 5.09. The minimum atomic E-state index is 0.174. The lowest BCUT2D eigenvalue weighted by Gasteiger charge is -2.19. The fraction of sp³-hybridized carbons (Fsp3) is 0.350. The fourth-order valence-corrected chi connectivity index (χ4v) is 2.63. The molecule has 23 heavy (non-hydrogen) atoms. The molecule has 122 valence electrons. The van der Waals surface area contributed by atoms with Gasteiger partial charge in [-0.1, -0.05) is 45.0 Å². The van der Waals surface area contributed by atoms with Crippen molar-refractivity contribution in [2.75, 3.05) is 0 Å². The van der Waals surface area contributed by atoms with Gasteiger partial charge >= 0.3 is 0 Å². The summed E-state index contributed by atoms with van der Waals surface area (Å²) < 4.78 is 6.04. The van der Waals surface area contributed by atoms with Gasteiger partial charge in [0.1, 0.15) is 12.4 Å². The highest BCUT2D eigenvalue weighted by Gasteiger charge is 2.13. The Hall–Kier alpha value is -2.29. The molecule has 0 saturated carbocycles. The fourth-order valence-electron chi connectivity index (χ4n) is 2.63. The van der Waals surface area contributed by atoms with Gasteiger partial charge in [-0.25, -0.2) is 0 Å². The lowest BCUT2D eigenvalue weighted by atomic mass is 9.87. The van der Waals surface area contributed by atoms with Gasteiger partial charge in [0, 0.05) is 0 Å². The van der Waals surface area contributed by atoms with Crippen molar-refractivity contribution in [2.45, 2.75) is 46.6 Å².